The molecule has 1 unspecified atom stereocenters. The van der Waals surface area contributed by atoms with E-state index < -0.39 is 6.10 Å². The molecule has 2 atom stereocenters. The molecule has 20 heavy (non-hydrogen) atoms. The molecular weight excluding hydrogens is 256 g/mol. The Kier molecular flexibility index (Phi) is 3.03. The predicted octanol–water partition coefficient (Wildman–Crippen LogP) is 2.62. The van der Waals surface area contributed by atoms with E-state index in [0.29, 0.717) is 23.5 Å². The van der Waals surface area contributed by atoms with Crippen molar-refractivity contribution in [2.45, 2.75) is 18.9 Å². The van der Waals surface area contributed by atoms with Crippen LogP contribution in [0.1, 0.15) is 28.7 Å². The fraction of sp³-hybridized carbons (Fsp3) is 0.250. The molecule has 0 amide bonds. The third-order valence-electron chi connectivity index (χ3n) is 3.84. The Hall–Kier alpha value is -2.20. The van der Waals surface area contributed by atoms with Crippen LogP contribution in [0.5, 0.6) is 17.2 Å². The lowest BCUT2D eigenvalue weighted by Crippen LogP contribution is -2.24. The Balaban J connectivity index is 1.99. The monoisotopic (exact) mass is 272 g/mol. The van der Waals surface area contributed by atoms with Crippen molar-refractivity contribution in [2.75, 3.05) is 6.61 Å². The molecule has 2 aromatic carbocycles. The first-order valence-electron chi connectivity index (χ1n) is 6.50. The minimum Gasteiger partial charge on any atom is -0.508 e. The molecule has 104 valence electrons. The van der Waals surface area contributed by atoms with Crippen LogP contribution in [0.25, 0.3) is 0 Å². The number of fused-ring (bicyclic) bond motifs is 1. The fourth-order valence-corrected chi connectivity index (χ4v) is 2.61. The van der Waals surface area contributed by atoms with E-state index in [0.717, 1.165) is 5.56 Å². The van der Waals surface area contributed by atoms with E-state index in [1.165, 1.54) is 0 Å². The van der Waals surface area contributed by atoms with Gasteiger partial charge in [-0.2, -0.15) is 0 Å². The third kappa shape index (κ3) is 1.98. The number of aromatic hydroxyl groups is 2. The standard InChI is InChI=1S/C16H16O4/c1-9-14(18)7-6-12-15(19)13(8-20-16(9)12)10-2-4-11(17)5-3-10/h2-7,13,15,17-19H,8H2,1H3/t13?,15-/m0/s1. The normalized spacial score (nSPS) is 21.1. The third-order valence-corrected chi connectivity index (χ3v) is 3.84. The van der Waals surface area contributed by atoms with E-state index in [9.17, 15) is 15.3 Å². The molecule has 0 fully saturated rings. The lowest BCUT2D eigenvalue weighted by molar-refractivity contribution is 0.0881. The zero-order valence-corrected chi connectivity index (χ0v) is 11.1. The first-order chi connectivity index (χ1) is 9.58. The van der Waals surface area contributed by atoms with Crippen molar-refractivity contribution in [1.82, 2.24) is 0 Å². The average Bonchev–Trinajstić information content (AvgIpc) is 2.45. The van der Waals surface area contributed by atoms with Crippen LogP contribution in [0.15, 0.2) is 36.4 Å². The maximum absolute atomic E-state index is 10.5. The van der Waals surface area contributed by atoms with Crippen molar-refractivity contribution < 1.29 is 20.1 Å². The summed E-state index contributed by atoms with van der Waals surface area (Å²) in [7, 11) is 0. The molecule has 3 rings (SSSR count). The molecule has 4 heteroatoms. The van der Waals surface area contributed by atoms with E-state index in [1.807, 2.05) is 0 Å². The molecule has 0 aliphatic carbocycles. The highest BCUT2D eigenvalue weighted by Gasteiger charge is 2.32. The van der Waals surface area contributed by atoms with Crippen LogP contribution in [0.3, 0.4) is 0 Å². The number of phenolic OH excluding ortho intramolecular Hbond substituents is 2. The maximum Gasteiger partial charge on any atom is 0.131 e. The molecule has 0 saturated carbocycles. The van der Waals surface area contributed by atoms with Crippen LogP contribution < -0.4 is 4.74 Å². The van der Waals surface area contributed by atoms with Crippen LogP contribution in [-0.2, 0) is 0 Å². The van der Waals surface area contributed by atoms with Gasteiger partial charge in [0, 0.05) is 17.0 Å². The smallest absolute Gasteiger partial charge is 0.131 e. The molecule has 4 nitrogen and oxygen atoms in total. The van der Waals surface area contributed by atoms with E-state index in [-0.39, 0.29) is 17.4 Å². The topological polar surface area (TPSA) is 69.9 Å². The summed E-state index contributed by atoms with van der Waals surface area (Å²) >= 11 is 0. The Morgan fingerprint density at radius 2 is 1.75 bits per heavy atom. The van der Waals surface area contributed by atoms with Gasteiger partial charge in [-0.1, -0.05) is 12.1 Å². The molecule has 3 N–H and O–H groups in total. The summed E-state index contributed by atoms with van der Waals surface area (Å²) in [5, 5.41) is 29.5. The highest BCUT2D eigenvalue weighted by molar-refractivity contribution is 5.51. The Labute approximate surface area is 116 Å². The number of ether oxygens (including phenoxy) is 1. The van der Waals surface area contributed by atoms with Gasteiger partial charge in [0.05, 0.1) is 12.7 Å². The van der Waals surface area contributed by atoms with Crippen molar-refractivity contribution in [2.24, 2.45) is 0 Å². The SMILES string of the molecule is Cc1c(O)ccc2c1OCC(c1ccc(O)cc1)[C@H]2O. The molecule has 0 saturated heterocycles. The van der Waals surface area contributed by atoms with Gasteiger partial charge >= 0.3 is 0 Å². The van der Waals surface area contributed by atoms with E-state index >= 15 is 0 Å². The van der Waals surface area contributed by atoms with Gasteiger partial charge in [-0.15, -0.1) is 0 Å². The van der Waals surface area contributed by atoms with Gasteiger partial charge in [-0.3, -0.25) is 0 Å². The Morgan fingerprint density at radius 1 is 1.05 bits per heavy atom. The molecule has 0 spiro atoms. The van der Waals surface area contributed by atoms with E-state index in [2.05, 4.69) is 0 Å². The minimum atomic E-state index is -0.692. The number of benzene rings is 2. The van der Waals surface area contributed by atoms with Crippen molar-refractivity contribution in [1.29, 1.82) is 0 Å². The van der Waals surface area contributed by atoms with E-state index in [1.54, 1.807) is 43.3 Å². The summed E-state index contributed by atoms with van der Waals surface area (Å²) in [6, 6.07) is 10.0. The number of hydrogen-bond acceptors (Lipinski definition) is 4. The minimum absolute atomic E-state index is 0.166. The summed E-state index contributed by atoms with van der Waals surface area (Å²) in [5.74, 6) is 0.736. The van der Waals surface area contributed by atoms with Crippen LogP contribution >= 0.6 is 0 Å². The summed E-state index contributed by atoms with van der Waals surface area (Å²) < 4.78 is 5.72. The average molecular weight is 272 g/mol. The number of hydrogen-bond donors (Lipinski definition) is 3. The van der Waals surface area contributed by atoms with Crippen molar-refractivity contribution in [3.05, 3.63) is 53.1 Å². The van der Waals surface area contributed by atoms with Crippen LogP contribution in [0, 0.1) is 6.92 Å². The molecular formula is C16H16O4. The molecule has 1 aliphatic rings. The Morgan fingerprint density at radius 3 is 2.45 bits per heavy atom. The van der Waals surface area contributed by atoms with Crippen LogP contribution in [-0.4, -0.2) is 21.9 Å². The van der Waals surface area contributed by atoms with Gasteiger partial charge in [0.25, 0.3) is 0 Å². The van der Waals surface area contributed by atoms with Crippen molar-refractivity contribution in [3.63, 3.8) is 0 Å². The lowest BCUT2D eigenvalue weighted by atomic mass is 9.86. The quantitative estimate of drug-likeness (QED) is 0.746. The van der Waals surface area contributed by atoms with E-state index in [4.69, 9.17) is 4.74 Å². The summed E-state index contributed by atoms with van der Waals surface area (Å²) in [5.41, 5.74) is 2.24. The van der Waals surface area contributed by atoms with Gasteiger partial charge in [0.15, 0.2) is 0 Å². The predicted molar refractivity (Wildman–Crippen MR) is 74.1 cm³/mol. The molecule has 1 aliphatic heterocycles. The van der Waals surface area contributed by atoms with Gasteiger partial charge in [0.2, 0.25) is 0 Å². The molecule has 2 aromatic rings. The number of rotatable bonds is 1. The Bertz CT molecular complexity index is 634. The second kappa shape index (κ2) is 4.72. The summed E-state index contributed by atoms with van der Waals surface area (Å²) in [6.07, 6.45) is -0.692. The molecule has 1 heterocycles. The molecule has 0 aromatic heterocycles. The number of aliphatic hydroxyl groups excluding tert-OH is 1. The van der Waals surface area contributed by atoms with Gasteiger partial charge in [-0.05, 0) is 36.8 Å². The molecule has 0 radical (unpaired) electrons. The molecule has 0 bridgehead atoms. The van der Waals surface area contributed by atoms with Crippen LogP contribution in [0.4, 0.5) is 0 Å². The maximum atomic E-state index is 10.5. The van der Waals surface area contributed by atoms with Crippen LogP contribution in [0.2, 0.25) is 0 Å². The zero-order valence-electron chi connectivity index (χ0n) is 11.1. The number of aliphatic hydroxyl groups is 1. The second-order valence-electron chi connectivity index (χ2n) is 5.08. The second-order valence-corrected chi connectivity index (χ2v) is 5.08. The number of phenols is 2. The van der Waals surface area contributed by atoms with Gasteiger partial charge < -0.3 is 20.1 Å². The first kappa shape index (κ1) is 12.8. The first-order valence-corrected chi connectivity index (χ1v) is 6.50. The highest BCUT2D eigenvalue weighted by Crippen LogP contribution is 2.44. The van der Waals surface area contributed by atoms with Crippen molar-refractivity contribution >= 4 is 0 Å². The van der Waals surface area contributed by atoms with Gasteiger partial charge in [0.1, 0.15) is 17.2 Å². The lowest BCUT2D eigenvalue weighted by Gasteiger charge is -2.31. The van der Waals surface area contributed by atoms with Crippen molar-refractivity contribution in [3.8, 4) is 17.2 Å². The fourth-order valence-electron chi connectivity index (χ4n) is 2.61. The van der Waals surface area contributed by atoms with Gasteiger partial charge in [-0.25, -0.2) is 0 Å². The summed E-state index contributed by atoms with van der Waals surface area (Å²) in [4.78, 5) is 0. The highest BCUT2D eigenvalue weighted by atomic mass is 16.5. The zero-order chi connectivity index (χ0) is 14.3. The largest absolute Gasteiger partial charge is 0.508 e. The summed E-state index contributed by atoms with van der Waals surface area (Å²) in [6.45, 7) is 2.10.